The van der Waals surface area contributed by atoms with Crippen molar-refractivity contribution in [3.8, 4) is 0 Å². The normalized spacial score (nSPS) is 20.0. The molecule has 1 heterocycles. The van der Waals surface area contributed by atoms with Gasteiger partial charge in [0.25, 0.3) is 0 Å². The van der Waals surface area contributed by atoms with Crippen molar-refractivity contribution in [2.75, 3.05) is 5.32 Å². The number of carbonyl (C=O) groups excluding carboxylic acids is 2. The fraction of sp³-hybridized carbons (Fsp3) is 0.176. The molecular weight excluding hydrogens is 286 g/mol. The Hall–Kier alpha value is -2.13. The Morgan fingerprint density at radius 2 is 1.81 bits per heavy atom. The molecule has 0 aliphatic carbocycles. The molecule has 1 aliphatic heterocycles. The molecule has 0 bridgehead atoms. The fourth-order valence-corrected chi connectivity index (χ4v) is 2.97. The van der Waals surface area contributed by atoms with Crippen molar-refractivity contribution in [2.24, 2.45) is 0 Å². The van der Waals surface area contributed by atoms with Gasteiger partial charge >= 0.3 is 0 Å². The second-order valence-electron chi connectivity index (χ2n) is 5.29. The van der Waals surface area contributed by atoms with Crippen molar-refractivity contribution in [3.63, 3.8) is 0 Å². The van der Waals surface area contributed by atoms with E-state index in [-0.39, 0.29) is 18.0 Å². The first-order valence-electron chi connectivity index (χ1n) is 6.70. The van der Waals surface area contributed by atoms with Gasteiger partial charge in [-0.2, -0.15) is 0 Å². The SMILES string of the molecule is CC(=O)C[C@@]1(c2ccc(Cl)cc2)Nc2ccccc2C1=O. The zero-order valence-corrected chi connectivity index (χ0v) is 12.3. The highest BCUT2D eigenvalue weighted by Crippen LogP contribution is 2.41. The third kappa shape index (κ3) is 2.24. The van der Waals surface area contributed by atoms with E-state index in [0.717, 1.165) is 11.3 Å². The molecule has 0 unspecified atom stereocenters. The number of anilines is 1. The van der Waals surface area contributed by atoms with Crippen molar-refractivity contribution >= 4 is 28.9 Å². The number of benzene rings is 2. The Kier molecular flexibility index (Phi) is 3.30. The number of nitrogens with one attached hydrogen (secondary N) is 1. The molecular formula is C17H14ClNO2. The average molecular weight is 300 g/mol. The number of rotatable bonds is 3. The summed E-state index contributed by atoms with van der Waals surface area (Å²) in [6.45, 7) is 1.50. The molecule has 4 heteroatoms. The van der Waals surface area contributed by atoms with E-state index in [4.69, 9.17) is 11.6 Å². The predicted octanol–water partition coefficient (Wildman–Crippen LogP) is 3.82. The summed E-state index contributed by atoms with van der Waals surface area (Å²) >= 11 is 5.92. The molecule has 0 fully saturated rings. The number of hydrogen-bond donors (Lipinski definition) is 1. The minimum Gasteiger partial charge on any atom is -0.368 e. The molecule has 3 nitrogen and oxygen atoms in total. The fourth-order valence-electron chi connectivity index (χ4n) is 2.84. The summed E-state index contributed by atoms with van der Waals surface area (Å²) in [6.07, 6.45) is 0.113. The number of halogens is 1. The zero-order chi connectivity index (χ0) is 15.0. The highest BCUT2D eigenvalue weighted by atomic mass is 35.5. The standard InChI is InChI=1S/C17H14ClNO2/c1-11(20)10-17(12-6-8-13(18)9-7-12)16(21)14-4-2-3-5-15(14)19-17/h2-9,19H,10H2,1H3/t17-/m0/s1. The third-order valence-electron chi connectivity index (χ3n) is 3.76. The van der Waals surface area contributed by atoms with Crippen LogP contribution in [0.25, 0.3) is 0 Å². The van der Waals surface area contributed by atoms with Crippen LogP contribution in [0.5, 0.6) is 0 Å². The maximum absolute atomic E-state index is 12.9. The highest BCUT2D eigenvalue weighted by Gasteiger charge is 2.47. The molecule has 2 aromatic carbocycles. The van der Waals surface area contributed by atoms with Crippen molar-refractivity contribution in [3.05, 3.63) is 64.7 Å². The lowest BCUT2D eigenvalue weighted by molar-refractivity contribution is -0.117. The predicted molar refractivity (Wildman–Crippen MR) is 82.8 cm³/mol. The van der Waals surface area contributed by atoms with Gasteiger partial charge in [0.15, 0.2) is 5.78 Å². The molecule has 0 saturated carbocycles. The molecule has 0 aromatic heterocycles. The summed E-state index contributed by atoms with van der Waals surface area (Å²) in [5.74, 6) is -0.116. The largest absolute Gasteiger partial charge is 0.368 e. The van der Waals surface area contributed by atoms with E-state index in [9.17, 15) is 9.59 Å². The quantitative estimate of drug-likeness (QED) is 0.937. The van der Waals surface area contributed by atoms with Crippen LogP contribution < -0.4 is 5.32 Å². The summed E-state index contributed by atoms with van der Waals surface area (Å²) in [4.78, 5) is 24.6. The molecule has 21 heavy (non-hydrogen) atoms. The summed E-state index contributed by atoms with van der Waals surface area (Å²) in [5, 5.41) is 3.85. The van der Waals surface area contributed by atoms with Crippen LogP contribution >= 0.6 is 11.6 Å². The molecule has 0 spiro atoms. The van der Waals surface area contributed by atoms with Gasteiger partial charge < -0.3 is 5.32 Å². The van der Waals surface area contributed by atoms with E-state index in [1.807, 2.05) is 18.2 Å². The second-order valence-corrected chi connectivity index (χ2v) is 5.73. The van der Waals surface area contributed by atoms with Crippen molar-refractivity contribution in [2.45, 2.75) is 18.9 Å². The van der Waals surface area contributed by atoms with Gasteiger partial charge in [0, 0.05) is 22.7 Å². The lowest BCUT2D eigenvalue weighted by Crippen LogP contribution is -2.40. The van der Waals surface area contributed by atoms with Crippen LogP contribution in [0.4, 0.5) is 5.69 Å². The Morgan fingerprint density at radius 1 is 1.14 bits per heavy atom. The van der Waals surface area contributed by atoms with Gasteiger partial charge in [-0.3, -0.25) is 9.59 Å². The van der Waals surface area contributed by atoms with Crippen LogP contribution in [0.1, 0.15) is 29.3 Å². The van der Waals surface area contributed by atoms with Gasteiger partial charge in [-0.1, -0.05) is 35.9 Å². The molecule has 1 atom stereocenters. The maximum Gasteiger partial charge on any atom is 0.195 e. The Morgan fingerprint density at radius 3 is 2.43 bits per heavy atom. The first-order chi connectivity index (χ1) is 10.0. The summed E-state index contributed by atoms with van der Waals surface area (Å²) < 4.78 is 0. The van der Waals surface area contributed by atoms with Gasteiger partial charge in [0.05, 0.1) is 0 Å². The first-order valence-corrected chi connectivity index (χ1v) is 7.08. The van der Waals surface area contributed by atoms with Gasteiger partial charge in [-0.05, 0) is 36.8 Å². The van der Waals surface area contributed by atoms with Crippen molar-refractivity contribution in [1.29, 1.82) is 0 Å². The lowest BCUT2D eigenvalue weighted by Gasteiger charge is -2.28. The van der Waals surface area contributed by atoms with E-state index < -0.39 is 5.54 Å². The molecule has 0 radical (unpaired) electrons. The first kappa shape index (κ1) is 13.8. The van der Waals surface area contributed by atoms with Gasteiger partial charge in [-0.15, -0.1) is 0 Å². The van der Waals surface area contributed by atoms with Crippen LogP contribution in [-0.2, 0) is 10.3 Å². The number of para-hydroxylation sites is 1. The van der Waals surface area contributed by atoms with Crippen molar-refractivity contribution < 1.29 is 9.59 Å². The highest BCUT2D eigenvalue weighted by molar-refractivity contribution is 6.30. The van der Waals surface area contributed by atoms with Crippen LogP contribution in [0, 0.1) is 0 Å². The van der Waals surface area contributed by atoms with E-state index in [0.29, 0.717) is 10.6 Å². The minimum absolute atomic E-state index is 0.0430. The van der Waals surface area contributed by atoms with Crippen molar-refractivity contribution in [1.82, 2.24) is 0 Å². The molecule has 0 saturated heterocycles. The number of fused-ring (bicyclic) bond motifs is 1. The molecule has 3 rings (SSSR count). The number of carbonyl (C=O) groups is 2. The Bertz CT molecular complexity index is 724. The number of Topliss-reactive ketones (excluding diaryl/α,β-unsaturated/α-hetero) is 2. The average Bonchev–Trinajstić information content (AvgIpc) is 2.73. The third-order valence-corrected chi connectivity index (χ3v) is 4.01. The van der Waals surface area contributed by atoms with Gasteiger partial charge in [0.2, 0.25) is 0 Å². The summed E-state index contributed by atoms with van der Waals surface area (Å²) in [5.41, 5.74) is 1.11. The number of hydrogen-bond acceptors (Lipinski definition) is 3. The Labute approximate surface area is 127 Å². The lowest BCUT2D eigenvalue weighted by atomic mass is 9.82. The van der Waals surface area contributed by atoms with E-state index in [1.54, 1.807) is 30.3 Å². The van der Waals surface area contributed by atoms with Crippen LogP contribution in [0.15, 0.2) is 48.5 Å². The topological polar surface area (TPSA) is 46.2 Å². The number of ketones is 2. The van der Waals surface area contributed by atoms with E-state index in [1.165, 1.54) is 6.92 Å². The summed E-state index contributed by atoms with van der Waals surface area (Å²) in [6, 6.07) is 14.4. The molecule has 1 aliphatic rings. The van der Waals surface area contributed by atoms with Crippen LogP contribution in [0.3, 0.4) is 0 Å². The van der Waals surface area contributed by atoms with Gasteiger partial charge in [0.1, 0.15) is 11.3 Å². The zero-order valence-electron chi connectivity index (χ0n) is 11.5. The van der Waals surface area contributed by atoms with Gasteiger partial charge in [-0.25, -0.2) is 0 Å². The maximum atomic E-state index is 12.9. The van der Waals surface area contributed by atoms with Crippen LogP contribution in [-0.4, -0.2) is 11.6 Å². The molecule has 0 amide bonds. The van der Waals surface area contributed by atoms with E-state index >= 15 is 0 Å². The monoisotopic (exact) mass is 299 g/mol. The van der Waals surface area contributed by atoms with Crippen LogP contribution in [0.2, 0.25) is 5.02 Å². The smallest absolute Gasteiger partial charge is 0.195 e. The molecule has 106 valence electrons. The Balaban J connectivity index is 2.14. The second kappa shape index (κ2) is 5.01. The molecule has 2 aromatic rings. The van der Waals surface area contributed by atoms with E-state index in [2.05, 4.69) is 5.32 Å². The summed E-state index contributed by atoms with van der Waals surface area (Å²) in [7, 11) is 0. The minimum atomic E-state index is -1.03. The molecule has 1 N–H and O–H groups in total.